The number of benzene rings is 3. The fourth-order valence-electron chi connectivity index (χ4n) is 7.56. The van der Waals surface area contributed by atoms with Gasteiger partial charge in [0.25, 0.3) is 10.0 Å². The summed E-state index contributed by atoms with van der Waals surface area (Å²) in [5, 5.41) is 3.34. The Balaban J connectivity index is 1.22. The number of sulfonamides is 1. The van der Waals surface area contributed by atoms with Crippen molar-refractivity contribution in [1.29, 1.82) is 0 Å². The highest BCUT2D eigenvalue weighted by atomic mass is 35.5. The van der Waals surface area contributed by atoms with E-state index in [0.717, 1.165) is 28.0 Å². The van der Waals surface area contributed by atoms with Crippen LogP contribution in [0.1, 0.15) is 50.5 Å². The van der Waals surface area contributed by atoms with E-state index in [-0.39, 0.29) is 4.90 Å². The Bertz CT molecular complexity index is 1450. The van der Waals surface area contributed by atoms with Crippen LogP contribution in [0.5, 0.6) is 5.75 Å². The summed E-state index contributed by atoms with van der Waals surface area (Å²) < 4.78 is 34.4. The minimum atomic E-state index is -4.10. The van der Waals surface area contributed by atoms with Gasteiger partial charge in [0.1, 0.15) is 12.3 Å². The first-order valence-corrected chi connectivity index (χ1v) is 16.0. The molecule has 4 saturated carbocycles. The molecular weight excluding hydrogens is 544 g/mol. The predicted octanol–water partition coefficient (Wildman–Crippen LogP) is 7.11. The van der Waals surface area contributed by atoms with Gasteiger partial charge in [0.2, 0.25) is 5.91 Å². The SMILES string of the molecule is CCOc1ccccc1N(CC(=O)Nc1ccc(C2C3CC4CC(C3)CC2C4)cc1)S(=O)(=O)c1ccc(Cl)cc1. The maximum absolute atomic E-state index is 13.8. The number of para-hydroxylation sites is 2. The number of amides is 1. The van der Waals surface area contributed by atoms with Crippen molar-refractivity contribution >= 4 is 38.9 Å². The van der Waals surface area contributed by atoms with Crippen LogP contribution in [0, 0.1) is 23.7 Å². The van der Waals surface area contributed by atoms with Gasteiger partial charge < -0.3 is 10.1 Å². The average Bonchev–Trinajstić information content (AvgIpc) is 2.93. The monoisotopic (exact) mass is 578 g/mol. The third-order valence-corrected chi connectivity index (χ3v) is 11.0. The summed E-state index contributed by atoms with van der Waals surface area (Å²) in [5.41, 5.74) is 2.32. The number of halogens is 1. The summed E-state index contributed by atoms with van der Waals surface area (Å²) in [6.07, 6.45) is 6.87. The molecule has 210 valence electrons. The molecule has 0 aromatic heterocycles. The Hall–Kier alpha value is -3.03. The van der Waals surface area contributed by atoms with Gasteiger partial charge in [0.05, 0.1) is 17.2 Å². The number of anilines is 2. The standard InChI is InChI=1S/C32H35ClN2O4S/c1-2-39-30-6-4-3-5-29(30)35(40(37,38)28-13-9-26(33)10-14-28)20-31(36)34-27-11-7-23(8-12-27)32-24-16-21-15-22(18-24)19-25(32)17-21/h3-14,21-22,24-25,32H,2,15-20H2,1H3,(H,34,36). The van der Waals surface area contributed by atoms with Crippen LogP contribution in [-0.4, -0.2) is 27.5 Å². The predicted molar refractivity (Wildman–Crippen MR) is 158 cm³/mol. The second-order valence-electron chi connectivity index (χ2n) is 11.5. The van der Waals surface area contributed by atoms with Crippen LogP contribution >= 0.6 is 11.6 Å². The maximum atomic E-state index is 13.8. The van der Waals surface area contributed by atoms with E-state index in [9.17, 15) is 13.2 Å². The van der Waals surface area contributed by atoms with E-state index < -0.39 is 22.5 Å². The van der Waals surface area contributed by atoms with Crippen LogP contribution < -0.4 is 14.4 Å². The normalized spacial score (nSPS) is 25.0. The molecule has 0 aliphatic heterocycles. The molecule has 4 aliphatic rings. The molecule has 4 fully saturated rings. The van der Waals surface area contributed by atoms with Crippen molar-refractivity contribution in [1.82, 2.24) is 0 Å². The second kappa shape index (κ2) is 11.1. The molecule has 0 unspecified atom stereocenters. The molecule has 0 atom stereocenters. The highest BCUT2D eigenvalue weighted by Gasteiger charge is 2.48. The van der Waals surface area contributed by atoms with Gasteiger partial charge >= 0.3 is 0 Å². The summed E-state index contributed by atoms with van der Waals surface area (Å²) in [6, 6.07) is 21.0. The van der Waals surface area contributed by atoms with Gasteiger partial charge in [-0.25, -0.2) is 8.42 Å². The summed E-state index contributed by atoms with van der Waals surface area (Å²) in [6.45, 7) is 1.77. The van der Waals surface area contributed by atoms with Gasteiger partial charge in [-0.1, -0.05) is 35.9 Å². The van der Waals surface area contributed by atoms with Crippen LogP contribution in [0.3, 0.4) is 0 Å². The average molecular weight is 579 g/mol. The molecule has 40 heavy (non-hydrogen) atoms. The second-order valence-corrected chi connectivity index (χ2v) is 13.8. The van der Waals surface area contributed by atoms with Gasteiger partial charge in [0.15, 0.2) is 0 Å². The van der Waals surface area contributed by atoms with E-state index in [2.05, 4.69) is 17.4 Å². The van der Waals surface area contributed by atoms with Crippen LogP contribution in [0.25, 0.3) is 0 Å². The molecule has 1 amide bonds. The number of hydrogen-bond acceptors (Lipinski definition) is 4. The minimum Gasteiger partial charge on any atom is -0.492 e. The zero-order valence-corrected chi connectivity index (χ0v) is 24.2. The lowest BCUT2D eigenvalue weighted by Gasteiger charge is -2.54. The number of hydrogen-bond donors (Lipinski definition) is 1. The Morgan fingerprint density at radius 2 is 1.52 bits per heavy atom. The highest BCUT2D eigenvalue weighted by Crippen LogP contribution is 2.59. The van der Waals surface area contributed by atoms with Crippen molar-refractivity contribution in [2.75, 3.05) is 22.8 Å². The van der Waals surface area contributed by atoms with Crippen molar-refractivity contribution in [3.8, 4) is 5.75 Å². The van der Waals surface area contributed by atoms with Crippen LogP contribution in [0.15, 0.2) is 77.7 Å². The van der Waals surface area contributed by atoms with E-state index in [1.165, 1.54) is 61.9 Å². The molecule has 4 aliphatic carbocycles. The van der Waals surface area contributed by atoms with Crippen molar-refractivity contribution in [2.45, 2.75) is 49.8 Å². The smallest absolute Gasteiger partial charge is 0.264 e. The van der Waals surface area contributed by atoms with E-state index >= 15 is 0 Å². The third kappa shape index (κ3) is 5.34. The number of carbonyl (C=O) groups is 1. The first-order valence-electron chi connectivity index (χ1n) is 14.2. The van der Waals surface area contributed by atoms with Crippen LogP contribution in [0.2, 0.25) is 5.02 Å². The fraction of sp³-hybridized carbons (Fsp3) is 0.406. The first kappa shape index (κ1) is 27.2. The van der Waals surface area contributed by atoms with Crippen LogP contribution in [-0.2, 0) is 14.8 Å². The van der Waals surface area contributed by atoms with Gasteiger partial charge in [-0.3, -0.25) is 9.10 Å². The Labute approximate surface area is 241 Å². The quantitative estimate of drug-likeness (QED) is 0.293. The molecule has 8 heteroatoms. The molecule has 6 nitrogen and oxygen atoms in total. The molecule has 3 aromatic rings. The minimum absolute atomic E-state index is 0.0380. The largest absolute Gasteiger partial charge is 0.492 e. The zero-order valence-electron chi connectivity index (χ0n) is 22.6. The van der Waals surface area contributed by atoms with E-state index in [0.29, 0.717) is 34.7 Å². The molecule has 0 spiro atoms. The van der Waals surface area contributed by atoms with Gasteiger partial charge in [-0.2, -0.15) is 0 Å². The molecule has 0 radical (unpaired) electrons. The van der Waals surface area contributed by atoms with Gasteiger partial charge in [0, 0.05) is 10.7 Å². The van der Waals surface area contributed by atoms with E-state index in [1.807, 2.05) is 19.1 Å². The van der Waals surface area contributed by atoms with Gasteiger partial charge in [-0.15, -0.1) is 0 Å². The van der Waals surface area contributed by atoms with Crippen molar-refractivity contribution in [3.05, 3.63) is 83.4 Å². The molecule has 1 N–H and O–H groups in total. The molecule has 7 rings (SSSR count). The van der Waals surface area contributed by atoms with E-state index in [1.54, 1.807) is 24.3 Å². The summed E-state index contributed by atoms with van der Waals surface area (Å²) in [5.74, 6) is 3.99. The van der Waals surface area contributed by atoms with Gasteiger partial charge in [-0.05, 0) is 123 Å². The summed E-state index contributed by atoms with van der Waals surface area (Å²) in [7, 11) is -4.10. The fourth-order valence-corrected chi connectivity index (χ4v) is 9.12. The number of nitrogens with one attached hydrogen (secondary N) is 1. The Kier molecular flexibility index (Phi) is 7.53. The number of rotatable bonds is 9. The van der Waals surface area contributed by atoms with Crippen molar-refractivity contribution in [3.63, 3.8) is 0 Å². The zero-order chi connectivity index (χ0) is 27.9. The molecule has 4 bridgehead atoms. The Morgan fingerprint density at radius 3 is 2.15 bits per heavy atom. The lowest BCUT2D eigenvalue weighted by molar-refractivity contribution is -0.114. The van der Waals surface area contributed by atoms with Crippen molar-refractivity contribution < 1.29 is 17.9 Å². The third-order valence-electron chi connectivity index (χ3n) is 8.93. The molecule has 3 aromatic carbocycles. The van der Waals surface area contributed by atoms with Crippen LogP contribution in [0.4, 0.5) is 11.4 Å². The lowest BCUT2D eigenvalue weighted by Crippen LogP contribution is -2.43. The maximum Gasteiger partial charge on any atom is 0.264 e. The Morgan fingerprint density at radius 1 is 0.900 bits per heavy atom. The summed E-state index contributed by atoms with van der Waals surface area (Å²) in [4.78, 5) is 13.3. The number of ether oxygens (including phenoxy) is 1. The molecular formula is C32H35ClN2O4S. The topological polar surface area (TPSA) is 75.7 Å². The number of carbonyl (C=O) groups excluding carboxylic acids is 1. The lowest BCUT2D eigenvalue weighted by atomic mass is 9.51. The van der Waals surface area contributed by atoms with Crippen molar-refractivity contribution in [2.24, 2.45) is 23.7 Å². The molecule has 0 heterocycles. The first-order chi connectivity index (χ1) is 19.3. The molecule has 0 saturated heterocycles. The van der Waals surface area contributed by atoms with E-state index in [4.69, 9.17) is 16.3 Å². The summed E-state index contributed by atoms with van der Waals surface area (Å²) >= 11 is 6.00. The number of nitrogens with zero attached hydrogens (tertiary/aromatic N) is 1. The highest BCUT2D eigenvalue weighted by molar-refractivity contribution is 7.92.